The van der Waals surface area contributed by atoms with Crippen molar-refractivity contribution < 1.29 is 13.9 Å². The molecule has 2 aromatic carbocycles. The van der Waals surface area contributed by atoms with Crippen molar-refractivity contribution in [2.75, 3.05) is 27.4 Å². The Labute approximate surface area is 172 Å². The molecule has 0 atom stereocenters. The van der Waals surface area contributed by atoms with Crippen LogP contribution in [0.4, 0.5) is 4.39 Å². The van der Waals surface area contributed by atoms with Crippen LogP contribution in [0.2, 0.25) is 0 Å². The summed E-state index contributed by atoms with van der Waals surface area (Å²) in [7, 11) is 3.41. The van der Waals surface area contributed by atoms with Gasteiger partial charge in [-0.05, 0) is 42.3 Å². The van der Waals surface area contributed by atoms with E-state index in [1.54, 1.807) is 20.3 Å². The van der Waals surface area contributed by atoms with Gasteiger partial charge in [-0.15, -0.1) is 0 Å². The molecule has 154 valence electrons. The molecular weight excluding hydrogens is 367 g/mol. The molecule has 3 aromatic rings. The zero-order chi connectivity index (χ0) is 20.5. The van der Waals surface area contributed by atoms with Crippen LogP contribution in [0, 0.1) is 5.82 Å². The van der Waals surface area contributed by atoms with Gasteiger partial charge in [0.2, 0.25) is 0 Å². The predicted molar refractivity (Wildman–Crippen MR) is 114 cm³/mol. The number of aromatic nitrogens is 1. The van der Waals surface area contributed by atoms with Gasteiger partial charge in [0.25, 0.3) is 0 Å². The highest BCUT2D eigenvalue weighted by atomic mass is 19.1. The molecule has 0 spiro atoms. The van der Waals surface area contributed by atoms with E-state index in [1.807, 2.05) is 36.5 Å². The standard InChI is InChI=1S/C24H29FN2O2/c1-28-15-7-13-26(17-20-8-5-11-23(16-20)29-2)19-22-10-6-14-27(22)18-21-9-3-4-12-24(21)25/h3-6,8-12,14,16H,7,13,15,17-19H2,1-2H3. The first-order chi connectivity index (χ1) is 14.2. The second-order valence-electron chi connectivity index (χ2n) is 7.13. The molecule has 0 aliphatic carbocycles. The fourth-order valence-electron chi connectivity index (χ4n) is 3.46. The summed E-state index contributed by atoms with van der Waals surface area (Å²) in [6.07, 6.45) is 2.97. The van der Waals surface area contributed by atoms with Crippen LogP contribution in [-0.2, 0) is 24.4 Å². The monoisotopic (exact) mass is 396 g/mol. The molecular formula is C24H29FN2O2. The van der Waals surface area contributed by atoms with E-state index in [0.717, 1.165) is 44.1 Å². The Kier molecular flexibility index (Phi) is 7.85. The van der Waals surface area contributed by atoms with Crippen LogP contribution in [0.25, 0.3) is 0 Å². The Hall–Kier alpha value is -2.63. The largest absolute Gasteiger partial charge is 0.497 e. The summed E-state index contributed by atoms with van der Waals surface area (Å²) in [5.74, 6) is 0.697. The molecule has 0 radical (unpaired) electrons. The van der Waals surface area contributed by atoms with Crippen LogP contribution < -0.4 is 4.74 Å². The molecule has 0 saturated carbocycles. The molecule has 0 unspecified atom stereocenters. The number of rotatable bonds is 11. The number of halogens is 1. The van der Waals surface area contributed by atoms with Crippen LogP contribution in [0.5, 0.6) is 5.75 Å². The van der Waals surface area contributed by atoms with Crippen molar-refractivity contribution in [2.24, 2.45) is 0 Å². The third-order valence-corrected chi connectivity index (χ3v) is 4.97. The van der Waals surface area contributed by atoms with Gasteiger partial charge in [0.15, 0.2) is 0 Å². The summed E-state index contributed by atoms with van der Waals surface area (Å²) in [5, 5.41) is 0. The molecule has 0 aliphatic heterocycles. The topological polar surface area (TPSA) is 26.6 Å². The van der Waals surface area contributed by atoms with Crippen molar-refractivity contribution >= 4 is 0 Å². The van der Waals surface area contributed by atoms with Gasteiger partial charge < -0.3 is 14.0 Å². The molecule has 5 heteroatoms. The fraction of sp³-hybridized carbons (Fsp3) is 0.333. The zero-order valence-corrected chi connectivity index (χ0v) is 17.2. The number of benzene rings is 2. The smallest absolute Gasteiger partial charge is 0.128 e. The highest BCUT2D eigenvalue weighted by Crippen LogP contribution is 2.18. The highest BCUT2D eigenvalue weighted by Gasteiger charge is 2.12. The minimum absolute atomic E-state index is 0.166. The number of methoxy groups -OCH3 is 2. The van der Waals surface area contributed by atoms with E-state index in [-0.39, 0.29) is 5.82 Å². The first-order valence-corrected chi connectivity index (χ1v) is 9.91. The Balaban J connectivity index is 1.73. The van der Waals surface area contributed by atoms with Gasteiger partial charge in [-0.25, -0.2) is 4.39 Å². The zero-order valence-electron chi connectivity index (χ0n) is 17.2. The van der Waals surface area contributed by atoms with Gasteiger partial charge >= 0.3 is 0 Å². The third kappa shape index (κ3) is 6.17. The van der Waals surface area contributed by atoms with Crippen LogP contribution in [0.3, 0.4) is 0 Å². The minimum Gasteiger partial charge on any atom is -0.497 e. The molecule has 0 bridgehead atoms. The van der Waals surface area contributed by atoms with E-state index in [4.69, 9.17) is 9.47 Å². The maximum Gasteiger partial charge on any atom is 0.128 e. The van der Waals surface area contributed by atoms with Gasteiger partial charge in [-0.2, -0.15) is 0 Å². The number of ether oxygens (including phenoxy) is 2. The van der Waals surface area contributed by atoms with Crippen LogP contribution in [0.1, 0.15) is 23.2 Å². The molecule has 3 rings (SSSR count). The Morgan fingerprint density at radius 2 is 1.83 bits per heavy atom. The second-order valence-corrected chi connectivity index (χ2v) is 7.13. The SMILES string of the molecule is COCCCN(Cc1cccc(OC)c1)Cc1cccn1Cc1ccccc1F. The third-order valence-electron chi connectivity index (χ3n) is 4.97. The Bertz CT molecular complexity index is 894. The van der Waals surface area contributed by atoms with Crippen LogP contribution >= 0.6 is 0 Å². The molecule has 0 N–H and O–H groups in total. The summed E-state index contributed by atoms with van der Waals surface area (Å²) in [4.78, 5) is 2.39. The van der Waals surface area contributed by atoms with Crippen molar-refractivity contribution in [1.82, 2.24) is 9.47 Å². The molecule has 0 saturated heterocycles. The van der Waals surface area contributed by atoms with Crippen molar-refractivity contribution in [3.8, 4) is 5.75 Å². The summed E-state index contributed by atoms with van der Waals surface area (Å²) in [6.45, 7) is 3.76. The molecule has 1 heterocycles. The van der Waals surface area contributed by atoms with Gasteiger partial charge in [0.05, 0.1) is 13.7 Å². The average Bonchev–Trinajstić information content (AvgIpc) is 3.16. The van der Waals surface area contributed by atoms with E-state index in [1.165, 1.54) is 11.6 Å². The molecule has 4 nitrogen and oxygen atoms in total. The summed E-state index contributed by atoms with van der Waals surface area (Å²) < 4.78 is 26.8. The molecule has 1 aromatic heterocycles. The van der Waals surface area contributed by atoms with Crippen molar-refractivity contribution in [2.45, 2.75) is 26.1 Å². The lowest BCUT2D eigenvalue weighted by Crippen LogP contribution is -2.26. The van der Waals surface area contributed by atoms with E-state index >= 15 is 0 Å². The first kappa shape index (κ1) is 21.1. The van der Waals surface area contributed by atoms with E-state index in [0.29, 0.717) is 12.1 Å². The average molecular weight is 397 g/mol. The lowest BCUT2D eigenvalue weighted by molar-refractivity contribution is 0.165. The quantitative estimate of drug-likeness (QED) is 0.439. The van der Waals surface area contributed by atoms with Gasteiger partial charge in [0.1, 0.15) is 11.6 Å². The van der Waals surface area contributed by atoms with Gasteiger partial charge in [0, 0.05) is 50.8 Å². The number of hydrogen-bond donors (Lipinski definition) is 0. The van der Waals surface area contributed by atoms with Crippen molar-refractivity contribution in [3.05, 3.63) is 89.5 Å². The van der Waals surface area contributed by atoms with E-state index < -0.39 is 0 Å². The Morgan fingerprint density at radius 1 is 0.966 bits per heavy atom. The van der Waals surface area contributed by atoms with E-state index in [9.17, 15) is 4.39 Å². The number of hydrogen-bond acceptors (Lipinski definition) is 3. The van der Waals surface area contributed by atoms with Crippen molar-refractivity contribution in [1.29, 1.82) is 0 Å². The Morgan fingerprint density at radius 3 is 2.62 bits per heavy atom. The van der Waals surface area contributed by atoms with Crippen LogP contribution in [0.15, 0.2) is 66.9 Å². The number of nitrogens with zero attached hydrogens (tertiary/aromatic N) is 2. The van der Waals surface area contributed by atoms with Crippen LogP contribution in [-0.4, -0.2) is 36.8 Å². The summed E-state index contributed by atoms with van der Waals surface area (Å²) in [6, 6.07) is 19.2. The normalized spacial score (nSPS) is 11.2. The summed E-state index contributed by atoms with van der Waals surface area (Å²) in [5.41, 5.74) is 3.06. The molecule has 0 aliphatic rings. The van der Waals surface area contributed by atoms with Gasteiger partial charge in [-0.1, -0.05) is 30.3 Å². The first-order valence-electron chi connectivity index (χ1n) is 9.91. The summed E-state index contributed by atoms with van der Waals surface area (Å²) >= 11 is 0. The van der Waals surface area contributed by atoms with E-state index in [2.05, 4.69) is 27.7 Å². The molecule has 0 amide bonds. The highest BCUT2D eigenvalue weighted by molar-refractivity contribution is 5.28. The lowest BCUT2D eigenvalue weighted by atomic mass is 10.2. The van der Waals surface area contributed by atoms with Gasteiger partial charge in [-0.3, -0.25) is 4.90 Å². The molecule has 29 heavy (non-hydrogen) atoms. The minimum atomic E-state index is -0.166. The van der Waals surface area contributed by atoms with Crippen molar-refractivity contribution in [3.63, 3.8) is 0 Å². The second kappa shape index (κ2) is 10.8. The lowest BCUT2D eigenvalue weighted by Gasteiger charge is -2.23. The maximum atomic E-state index is 14.1. The fourth-order valence-corrected chi connectivity index (χ4v) is 3.46. The molecule has 0 fully saturated rings. The maximum absolute atomic E-state index is 14.1. The predicted octanol–water partition coefficient (Wildman–Crippen LogP) is 4.72.